The summed E-state index contributed by atoms with van der Waals surface area (Å²) in [6, 6.07) is 7.51. The van der Waals surface area contributed by atoms with Gasteiger partial charge in [0, 0.05) is 41.2 Å². The number of ether oxygens (including phenoxy) is 3. The summed E-state index contributed by atoms with van der Waals surface area (Å²) >= 11 is 0.888. The highest BCUT2D eigenvalue weighted by atomic mass is 32.2. The van der Waals surface area contributed by atoms with Crippen LogP contribution in [0.5, 0.6) is 17.2 Å². The summed E-state index contributed by atoms with van der Waals surface area (Å²) in [5, 5.41) is 0.0444. The molecule has 13 heteroatoms. The molecule has 1 aliphatic rings. The largest absolute Gasteiger partial charge is 0.497 e. The highest BCUT2D eigenvalue weighted by Crippen LogP contribution is 2.45. The van der Waals surface area contributed by atoms with E-state index in [0.29, 0.717) is 41.4 Å². The molecule has 4 rings (SSSR count). The van der Waals surface area contributed by atoms with Gasteiger partial charge < -0.3 is 18.6 Å². The molecule has 0 spiro atoms. The monoisotopic (exact) mass is 595 g/mol. The zero-order valence-electron chi connectivity index (χ0n) is 23.1. The Morgan fingerprint density at radius 3 is 2.54 bits per heavy atom. The molecule has 0 radical (unpaired) electrons. The molecule has 0 amide bonds. The first kappa shape index (κ1) is 29.2. The van der Waals surface area contributed by atoms with Crippen molar-refractivity contribution in [3.05, 3.63) is 53.6 Å². The van der Waals surface area contributed by atoms with Crippen molar-refractivity contribution in [2.24, 2.45) is 0 Å². The molecule has 3 aromatic rings. The summed E-state index contributed by atoms with van der Waals surface area (Å²) in [6.07, 6.45) is 1.42. The van der Waals surface area contributed by atoms with E-state index in [2.05, 4.69) is 43.2 Å². The lowest BCUT2D eigenvalue weighted by atomic mass is 10.0. The molecule has 0 N–H and O–H groups in total. The molecule has 0 bridgehead atoms. The second-order valence-electron chi connectivity index (χ2n) is 10.7. The smallest absolute Gasteiger partial charge is 0.269 e. The van der Waals surface area contributed by atoms with Crippen molar-refractivity contribution in [3.63, 3.8) is 0 Å². The number of hydrogen-bond donors (Lipinski definition) is 0. The molecule has 9 nitrogen and oxygen atoms in total. The van der Waals surface area contributed by atoms with Crippen LogP contribution in [0.15, 0.2) is 41.6 Å². The second-order valence-corrected chi connectivity index (χ2v) is 18.1. The first-order chi connectivity index (χ1) is 18.3. The first-order valence-corrected chi connectivity index (χ1v) is 17.5. The summed E-state index contributed by atoms with van der Waals surface area (Å²) in [6.45, 7) is 10.8. The summed E-state index contributed by atoms with van der Waals surface area (Å²) in [5.74, 6) is 0.371. The van der Waals surface area contributed by atoms with E-state index in [1.807, 2.05) is 0 Å². The second kappa shape index (κ2) is 11.0. The summed E-state index contributed by atoms with van der Waals surface area (Å²) in [5.41, 5.74) is 1.05. The third-order valence-corrected chi connectivity index (χ3v) is 14.3. The van der Waals surface area contributed by atoms with Crippen molar-refractivity contribution >= 4 is 35.0 Å². The molecular formula is C26H34FN3O6S2Si. The van der Waals surface area contributed by atoms with Crippen LogP contribution in [0.4, 0.5) is 9.52 Å². The van der Waals surface area contributed by atoms with Crippen LogP contribution in [-0.2, 0) is 21.0 Å². The number of benzene rings is 2. The van der Waals surface area contributed by atoms with Crippen LogP contribution in [-0.4, -0.2) is 46.9 Å². The topological polar surface area (TPSA) is 100 Å². The number of anilines is 1. The van der Waals surface area contributed by atoms with Crippen molar-refractivity contribution in [1.82, 2.24) is 9.36 Å². The summed E-state index contributed by atoms with van der Waals surface area (Å²) in [7, 11) is -3.62. The van der Waals surface area contributed by atoms with Crippen molar-refractivity contribution in [3.8, 4) is 17.2 Å². The number of fused-ring (bicyclic) bond motifs is 1. The van der Waals surface area contributed by atoms with Gasteiger partial charge in [-0.15, -0.1) is 0 Å². The van der Waals surface area contributed by atoms with E-state index in [1.54, 1.807) is 18.2 Å². The minimum atomic E-state index is -4.44. The van der Waals surface area contributed by atoms with Gasteiger partial charge in [0.2, 0.25) is 5.13 Å². The van der Waals surface area contributed by atoms with Crippen LogP contribution in [0.3, 0.4) is 0 Å². The Hall–Kier alpha value is -2.74. The molecule has 1 aromatic heterocycles. The Morgan fingerprint density at radius 1 is 1.18 bits per heavy atom. The maximum absolute atomic E-state index is 15.7. The number of hydrogen-bond acceptors (Lipinski definition) is 9. The van der Waals surface area contributed by atoms with Crippen LogP contribution in [0.25, 0.3) is 0 Å². The van der Waals surface area contributed by atoms with Crippen molar-refractivity contribution < 1.29 is 31.4 Å². The van der Waals surface area contributed by atoms with E-state index >= 15 is 4.39 Å². The number of nitrogens with zero attached hydrogens (tertiary/aromatic N) is 3. The van der Waals surface area contributed by atoms with Gasteiger partial charge >= 0.3 is 0 Å². The van der Waals surface area contributed by atoms with E-state index in [4.69, 9.17) is 18.6 Å². The fraction of sp³-hybridized carbons (Fsp3) is 0.462. The third-order valence-electron chi connectivity index (χ3n) is 7.23. The fourth-order valence-corrected chi connectivity index (χ4v) is 7.50. The van der Waals surface area contributed by atoms with Gasteiger partial charge in [-0.1, -0.05) is 20.8 Å². The summed E-state index contributed by atoms with van der Waals surface area (Å²) in [4.78, 5) is 3.59. The zero-order valence-corrected chi connectivity index (χ0v) is 25.8. The van der Waals surface area contributed by atoms with Crippen molar-refractivity contribution in [2.75, 3.05) is 25.1 Å². The SMILES string of the molecule is COc1ccc(CN(c2ncns2)S(=O)(=O)c2cc3c(cc2F)[C@H](O[Si](C)(C)C(C)(C)C)CCO3)c(OC)c1. The Bertz CT molecular complexity index is 1430. The quantitative estimate of drug-likeness (QED) is 0.281. The molecular weight excluding hydrogens is 562 g/mol. The lowest BCUT2D eigenvalue weighted by molar-refractivity contribution is 0.121. The van der Waals surface area contributed by atoms with E-state index in [9.17, 15) is 8.42 Å². The van der Waals surface area contributed by atoms with Gasteiger partial charge in [0.1, 0.15) is 34.3 Å². The van der Waals surface area contributed by atoms with E-state index < -0.39 is 29.1 Å². The first-order valence-electron chi connectivity index (χ1n) is 12.4. The van der Waals surface area contributed by atoms with Crippen LogP contribution >= 0.6 is 11.5 Å². The van der Waals surface area contributed by atoms with Gasteiger partial charge in [-0.3, -0.25) is 0 Å². The van der Waals surface area contributed by atoms with Crippen LogP contribution in [0.1, 0.15) is 44.4 Å². The van der Waals surface area contributed by atoms with Crippen LogP contribution in [0, 0.1) is 5.82 Å². The van der Waals surface area contributed by atoms with Crippen LogP contribution in [0.2, 0.25) is 18.1 Å². The van der Waals surface area contributed by atoms with E-state index in [0.717, 1.165) is 15.8 Å². The Morgan fingerprint density at radius 2 is 1.92 bits per heavy atom. The number of aromatic nitrogens is 2. The van der Waals surface area contributed by atoms with Gasteiger partial charge in [0.25, 0.3) is 10.0 Å². The molecule has 0 fully saturated rings. The van der Waals surface area contributed by atoms with Gasteiger partial charge in [-0.2, -0.15) is 4.37 Å². The van der Waals surface area contributed by atoms with E-state index in [1.165, 1.54) is 32.7 Å². The predicted octanol–water partition coefficient (Wildman–Crippen LogP) is 5.94. The van der Waals surface area contributed by atoms with Crippen molar-refractivity contribution in [2.45, 2.75) is 62.9 Å². The van der Waals surface area contributed by atoms with E-state index in [-0.39, 0.29) is 22.8 Å². The molecule has 0 saturated carbocycles. The Kier molecular flexibility index (Phi) is 8.27. The molecule has 2 heterocycles. The highest BCUT2D eigenvalue weighted by Gasteiger charge is 2.41. The Balaban J connectivity index is 1.75. The average molecular weight is 596 g/mol. The summed E-state index contributed by atoms with van der Waals surface area (Å²) < 4.78 is 71.8. The highest BCUT2D eigenvalue weighted by molar-refractivity contribution is 7.93. The van der Waals surface area contributed by atoms with Gasteiger partial charge in [-0.05, 0) is 36.3 Å². The molecule has 39 heavy (non-hydrogen) atoms. The normalized spacial score (nSPS) is 15.8. The van der Waals surface area contributed by atoms with Gasteiger partial charge in [0.15, 0.2) is 8.32 Å². The molecule has 0 unspecified atom stereocenters. The standard InChI is InChI=1S/C26H34FN3O6S2Si/c1-26(2,3)39(6,7)36-21-10-11-35-23-14-24(20(27)13-19(21)23)38(31,32)30(25-28-16-29-37-25)15-17-8-9-18(33-4)12-22(17)34-5/h8-9,12-14,16,21H,10-11,15H2,1-7H3/t21-/m1/s1. The number of halogens is 1. The van der Waals surface area contributed by atoms with Gasteiger partial charge in [0.05, 0.1) is 33.5 Å². The zero-order chi connectivity index (χ0) is 28.6. The lowest BCUT2D eigenvalue weighted by Gasteiger charge is -2.40. The van der Waals surface area contributed by atoms with Crippen LogP contribution < -0.4 is 18.5 Å². The average Bonchev–Trinajstić information content (AvgIpc) is 3.40. The maximum atomic E-state index is 15.7. The van der Waals surface area contributed by atoms with Crippen molar-refractivity contribution in [1.29, 1.82) is 0 Å². The Labute approximate surface area is 234 Å². The molecule has 1 aliphatic heterocycles. The van der Waals surface area contributed by atoms with Gasteiger partial charge in [-0.25, -0.2) is 22.1 Å². The predicted molar refractivity (Wildman–Crippen MR) is 150 cm³/mol. The fourth-order valence-electron chi connectivity index (χ4n) is 4.00. The minimum Gasteiger partial charge on any atom is -0.497 e. The molecule has 0 aliphatic carbocycles. The third kappa shape index (κ3) is 5.91. The molecule has 2 aromatic carbocycles. The number of rotatable bonds is 9. The maximum Gasteiger partial charge on any atom is 0.269 e. The number of sulfonamides is 1. The number of methoxy groups -OCH3 is 2. The molecule has 0 saturated heterocycles. The molecule has 212 valence electrons. The molecule has 1 atom stereocenters. The lowest BCUT2D eigenvalue weighted by Crippen LogP contribution is -2.42. The minimum absolute atomic E-state index is 0.0436.